The van der Waals surface area contributed by atoms with E-state index >= 15 is 0 Å². The zero-order chi connectivity index (χ0) is 16.2. The number of benzene rings is 1. The number of carbonyl (C=O) groups excluding carboxylic acids is 1. The predicted octanol–water partition coefficient (Wildman–Crippen LogP) is 3.21. The van der Waals surface area contributed by atoms with E-state index in [1.54, 1.807) is 0 Å². The minimum absolute atomic E-state index is 0.00169. The Morgan fingerprint density at radius 1 is 1.17 bits per heavy atom. The molecule has 0 radical (unpaired) electrons. The molecule has 1 aromatic carbocycles. The summed E-state index contributed by atoms with van der Waals surface area (Å²) in [5, 5.41) is 8.85. The van der Waals surface area contributed by atoms with Crippen molar-refractivity contribution in [2.45, 2.75) is 50.9 Å². The average molecular weight is 315 g/mol. The molecule has 1 N–H and O–H groups in total. The lowest BCUT2D eigenvalue weighted by Gasteiger charge is -2.36. The third kappa shape index (κ3) is 3.74. The molecule has 3 rings (SSSR count). The second-order valence-corrected chi connectivity index (χ2v) is 6.87. The van der Waals surface area contributed by atoms with Crippen LogP contribution in [0.25, 0.3) is 0 Å². The maximum Gasteiger partial charge on any atom is 0.303 e. The van der Waals surface area contributed by atoms with Gasteiger partial charge in [0.25, 0.3) is 0 Å². The van der Waals surface area contributed by atoms with Gasteiger partial charge in [-0.05, 0) is 55.6 Å². The summed E-state index contributed by atoms with van der Waals surface area (Å²) in [6.07, 6.45) is 6.00. The molecule has 0 aromatic heterocycles. The summed E-state index contributed by atoms with van der Waals surface area (Å²) in [5.41, 5.74) is 2.52. The first kappa shape index (κ1) is 16.0. The van der Waals surface area contributed by atoms with Gasteiger partial charge in [0.2, 0.25) is 5.91 Å². The normalized spacial score (nSPS) is 24.1. The molecule has 4 nitrogen and oxygen atoms in total. The highest BCUT2D eigenvalue weighted by molar-refractivity contribution is 5.84. The molecule has 0 bridgehead atoms. The van der Waals surface area contributed by atoms with Crippen LogP contribution in [0.15, 0.2) is 24.3 Å². The number of fused-ring (bicyclic) bond motifs is 1. The molecule has 0 spiro atoms. The SMILES string of the molecule is O=C(O)CC[C@H]1CCCN(C(=O)[C@H]2CCCc3ccccc32)C1. The summed E-state index contributed by atoms with van der Waals surface area (Å²) in [7, 11) is 0. The minimum Gasteiger partial charge on any atom is -0.481 e. The Hall–Kier alpha value is -1.84. The topological polar surface area (TPSA) is 57.6 Å². The predicted molar refractivity (Wildman–Crippen MR) is 88.3 cm³/mol. The van der Waals surface area contributed by atoms with Crippen LogP contribution in [0, 0.1) is 5.92 Å². The Morgan fingerprint density at radius 2 is 2.00 bits per heavy atom. The van der Waals surface area contributed by atoms with Gasteiger partial charge >= 0.3 is 5.97 Å². The van der Waals surface area contributed by atoms with E-state index in [-0.39, 0.29) is 18.2 Å². The summed E-state index contributed by atoms with van der Waals surface area (Å²) in [4.78, 5) is 25.8. The van der Waals surface area contributed by atoms with Crippen LogP contribution in [0.4, 0.5) is 0 Å². The van der Waals surface area contributed by atoms with Gasteiger partial charge in [0.15, 0.2) is 0 Å². The van der Waals surface area contributed by atoms with Crippen LogP contribution in [0.1, 0.15) is 55.6 Å². The molecule has 1 heterocycles. The molecule has 23 heavy (non-hydrogen) atoms. The van der Waals surface area contributed by atoms with E-state index < -0.39 is 5.97 Å². The smallest absolute Gasteiger partial charge is 0.303 e. The van der Waals surface area contributed by atoms with E-state index in [0.29, 0.717) is 12.3 Å². The molecule has 2 aliphatic rings. The van der Waals surface area contributed by atoms with Crippen molar-refractivity contribution in [3.05, 3.63) is 35.4 Å². The van der Waals surface area contributed by atoms with Crippen molar-refractivity contribution in [1.82, 2.24) is 4.90 Å². The lowest BCUT2D eigenvalue weighted by molar-refractivity contribution is -0.137. The molecule has 0 unspecified atom stereocenters. The molecule has 1 aromatic rings. The van der Waals surface area contributed by atoms with E-state index in [4.69, 9.17) is 5.11 Å². The molecular weight excluding hydrogens is 290 g/mol. The number of hydrogen-bond acceptors (Lipinski definition) is 2. The fraction of sp³-hybridized carbons (Fsp3) is 0.579. The monoisotopic (exact) mass is 315 g/mol. The van der Waals surface area contributed by atoms with Gasteiger partial charge in [-0.2, -0.15) is 0 Å². The summed E-state index contributed by atoms with van der Waals surface area (Å²) >= 11 is 0. The number of carbonyl (C=O) groups is 2. The fourth-order valence-electron chi connectivity index (χ4n) is 4.06. The first-order valence-electron chi connectivity index (χ1n) is 8.73. The Morgan fingerprint density at radius 3 is 2.83 bits per heavy atom. The lowest BCUT2D eigenvalue weighted by atomic mass is 9.81. The molecule has 124 valence electrons. The molecule has 0 saturated carbocycles. The van der Waals surface area contributed by atoms with Crippen LogP contribution in [0.5, 0.6) is 0 Å². The van der Waals surface area contributed by atoms with Crippen LogP contribution in [0.3, 0.4) is 0 Å². The lowest BCUT2D eigenvalue weighted by Crippen LogP contribution is -2.43. The van der Waals surface area contributed by atoms with Gasteiger partial charge in [-0.15, -0.1) is 0 Å². The molecule has 1 aliphatic carbocycles. The molecule has 1 aliphatic heterocycles. The van der Waals surface area contributed by atoms with Crippen LogP contribution < -0.4 is 0 Å². The minimum atomic E-state index is -0.741. The number of rotatable bonds is 4. The largest absolute Gasteiger partial charge is 0.481 e. The maximum atomic E-state index is 13.0. The number of hydrogen-bond donors (Lipinski definition) is 1. The average Bonchev–Trinajstić information content (AvgIpc) is 2.59. The zero-order valence-electron chi connectivity index (χ0n) is 13.5. The number of aryl methyl sites for hydroxylation is 1. The molecule has 1 amide bonds. The number of piperidine rings is 1. The van der Waals surface area contributed by atoms with E-state index in [1.807, 2.05) is 11.0 Å². The molecular formula is C19H25NO3. The van der Waals surface area contributed by atoms with E-state index in [9.17, 15) is 9.59 Å². The van der Waals surface area contributed by atoms with Gasteiger partial charge in [0.1, 0.15) is 0 Å². The number of carboxylic acid groups (broad SMARTS) is 1. The van der Waals surface area contributed by atoms with Crippen molar-refractivity contribution in [2.24, 2.45) is 5.92 Å². The zero-order valence-corrected chi connectivity index (χ0v) is 13.5. The Balaban J connectivity index is 1.67. The van der Waals surface area contributed by atoms with Crippen LogP contribution in [-0.4, -0.2) is 35.0 Å². The Bertz CT molecular complexity index is 584. The van der Waals surface area contributed by atoms with E-state index in [2.05, 4.69) is 18.2 Å². The number of nitrogens with zero attached hydrogens (tertiary/aromatic N) is 1. The Labute approximate surface area is 137 Å². The highest BCUT2D eigenvalue weighted by Gasteiger charge is 2.32. The number of aliphatic carboxylic acids is 1. The van der Waals surface area contributed by atoms with Crippen molar-refractivity contribution in [1.29, 1.82) is 0 Å². The van der Waals surface area contributed by atoms with E-state index in [1.165, 1.54) is 11.1 Å². The highest BCUT2D eigenvalue weighted by atomic mass is 16.4. The first-order valence-corrected chi connectivity index (χ1v) is 8.73. The van der Waals surface area contributed by atoms with Crippen LogP contribution in [0.2, 0.25) is 0 Å². The van der Waals surface area contributed by atoms with Crippen molar-refractivity contribution >= 4 is 11.9 Å². The standard InChI is InChI=1S/C19H25NO3/c21-18(22)11-10-14-5-4-12-20(13-14)19(23)17-9-3-7-15-6-1-2-8-16(15)17/h1-2,6,8,14,17H,3-5,7,9-13H2,(H,21,22)/t14-,17+/m1/s1. The molecule has 2 atom stereocenters. The first-order chi connectivity index (χ1) is 11.1. The number of likely N-dealkylation sites (tertiary alicyclic amines) is 1. The number of amides is 1. The van der Waals surface area contributed by atoms with Crippen LogP contribution in [-0.2, 0) is 16.0 Å². The van der Waals surface area contributed by atoms with Crippen molar-refractivity contribution in [3.63, 3.8) is 0 Å². The molecule has 1 saturated heterocycles. The van der Waals surface area contributed by atoms with Crippen molar-refractivity contribution < 1.29 is 14.7 Å². The summed E-state index contributed by atoms with van der Waals surface area (Å²) < 4.78 is 0. The summed E-state index contributed by atoms with van der Waals surface area (Å²) in [6, 6.07) is 8.31. The summed E-state index contributed by atoms with van der Waals surface area (Å²) in [5.74, 6) is -0.160. The maximum absolute atomic E-state index is 13.0. The second-order valence-electron chi connectivity index (χ2n) is 6.87. The number of carboxylic acids is 1. The van der Waals surface area contributed by atoms with Crippen LogP contribution >= 0.6 is 0 Å². The molecule has 1 fully saturated rings. The van der Waals surface area contributed by atoms with Gasteiger partial charge < -0.3 is 10.0 Å². The van der Waals surface area contributed by atoms with Gasteiger partial charge in [0, 0.05) is 19.5 Å². The molecule has 4 heteroatoms. The van der Waals surface area contributed by atoms with Crippen molar-refractivity contribution in [3.8, 4) is 0 Å². The van der Waals surface area contributed by atoms with Gasteiger partial charge in [-0.1, -0.05) is 24.3 Å². The fourth-order valence-corrected chi connectivity index (χ4v) is 4.06. The second kappa shape index (κ2) is 7.16. The third-order valence-electron chi connectivity index (χ3n) is 5.26. The van der Waals surface area contributed by atoms with Crippen molar-refractivity contribution in [2.75, 3.05) is 13.1 Å². The highest BCUT2D eigenvalue weighted by Crippen LogP contribution is 2.34. The van der Waals surface area contributed by atoms with Gasteiger partial charge in [0.05, 0.1) is 5.92 Å². The van der Waals surface area contributed by atoms with Gasteiger partial charge in [-0.25, -0.2) is 0 Å². The van der Waals surface area contributed by atoms with Gasteiger partial charge in [-0.3, -0.25) is 9.59 Å². The summed E-state index contributed by atoms with van der Waals surface area (Å²) in [6.45, 7) is 1.55. The van der Waals surface area contributed by atoms with E-state index in [0.717, 1.165) is 45.2 Å². The quantitative estimate of drug-likeness (QED) is 0.928. The third-order valence-corrected chi connectivity index (χ3v) is 5.26. The Kier molecular flexibility index (Phi) is 4.99.